The monoisotopic (exact) mass is 540 g/mol. The van der Waals surface area contributed by atoms with Gasteiger partial charge in [-0.25, -0.2) is 4.39 Å². The van der Waals surface area contributed by atoms with E-state index in [4.69, 9.17) is 0 Å². The average molecular weight is 544 g/mol. The van der Waals surface area contributed by atoms with Crippen LogP contribution >= 0.6 is 63.7 Å². The molecule has 0 amide bonds. The van der Waals surface area contributed by atoms with Crippen molar-refractivity contribution in [3.63, 3.8) is 0 Å². The highest BCUT2D eigenvalue weighted by Gasteiger charge is 2.31. The number of hydrogen-bond acceptors (Lipinski definition) is 0. The maximum atomic E-state index is 14.1. The molecule has 0 aliphatic carbocycles. The Kier molecular flexibility index (Phi) is 6.48. The van der Waals surface area contributed by atoms with Crippen LogP contribution in [0.2, 0.25) is 0 Å². The highest BCUT2D eigenvalue weighted by molar-refractivity contribution is 9.11. The van der Waals surface area contributed by atoms with Crippen molar-refractivity contribution in [3.8, 4) is 0 Å². The molecule has 0 atom stereocenters. The fraction of sp³-hybridized carbons (Fsp3) is 0.250. The maximum absolute atomic E-state index is 14.1. The Morgan fingerprint density at radius 1 is 0.857 bits per heavy atom. The molecule has 0 saturated heterocycles. The zero-order chi connectivity index (χ0) is 15.5. The molecule has 2 aromatic carbocycles. The third kappa shape index (κ3) is 4.18. The summed E-state index contributed by atoms with van der Waals surface area (Å²) in [4.78, 5) is 0. The molecule has 0 aliphatic heterocycles. The maximum Gasteiger partial charge on any atom is 0.126 e. The Bertz CT molecular complexity index is 606. The Morgan fingerprint density at radius 2 is 1.43 bits per heavy atom. The third-order valence-corrected chi connectivity index (χ3v) is 6.67. The first-order valence-corrected chi connectivity index (χ1v) is 10.2. The molecule has 2 aromatic rings. The summed E-state index contributed by atoms with van der Waals surface area (Å²) < 4.78 is 16.0. The van der Waals surface area contributed by atoms with Gasteiger partial charge in [-0.3, -0.25) is 0 Å². The first-order valence-electron chi connectivity index (χ1n) is 6.33. The lowest BCUT2D eigenvalue weighted by molar-refractivity contribution is 0.522. The Labute approximate surface area is 158 Å². The summed E-state index contributed by atoms with van der Waals surface area (Å²) in [5, 5.41) is 1.50. The highest BCUT2D eigenvalue weighted by atomic mass is 79.9. The minimum atomic E-state index is -0.192. The smallest absolute Gasteiger partial charge is 0.126 e. The second kappa shape index (κ2) is 7.71. The fourth-order valence-corrected chi connectivity index (χ4v) is 4.88. The molecule has 0 aromatic heterocycles. The van der Waals surface area contributed by atoms with Crippen molar-refractivity contribution in [2.45, 2.75) is 11.8 Å². The van der Waals surface area contributed by atoms with Crippen LogP contribution in [0.4, 0.5) is 4.39 Å². The highest BCUT2D eigenvalue weighted by Crippen LogP contribution is 2.34. The van der Waals surface area contributed by atoms with E-state index in [1.54, 1.807) is 6.07 Å². The van der Waals surface area contributed by atoms with E-state index in [9.17, 15) is 4.39 Å². The van der Waals surface area contributed by atoms with Crippen LogP contribution in [0, 0.1) is 5.82 Å². The quantitative estimate of drug-likeness (QED) is 0.372. The van der Waals surface area contributed by atoms with Gasteiger partial charge in [0.25, 0.3) is 0 Å². The van der Waals surface area contributed by atoms with Gasteiger partial charge in [-0.05, 0) is 47.9 Å². The van der Waals surface area contributed by atoms with Crippen molar-refractivity contribution in [1.82, 2.24) is 0 Å². The Hall–Kier alpha value is 0.290. The summed E-state index contributed by atoms with van der Waals surface area (Å²) in [5.41, 5.74) is 1.70. The zero-order valence-corrected chi connectivity index (χ0v) is 17.4. The summed E-state index contributed by atoms with van der Waals surface area (Å²) in [6.07, 6.45) is 0.621. The van der Waals surface area contributed by atoms with Gasteiger partial charge in [-0.1, -0.05) is 75.9 Å². The minimum Gasteiger partial charge on any atom is -0.207 e. The predicted octanol–water partition coefficient (Wildman–Crippen LogP) is 6.62. The lowest BCUT2D eigenvalue weighted by Gasteiger charge is -2.31. The van der Waals surface area contributed by atoms with Gasteiger partial charge >= 0.3 is 0 Å². The van der Waals surface area contributed by atoms with Crippen molar-refractivity contribution in [2.75, 3.05) is 10.7 Å². The number of benzene rings is 2. The van der Waals surface area contributed by atoms with Crippen LogP contribution in [0.3, 0.4) is 0 Å². The number of halogens is 5. The molecule has 0 nitrogen and oxygen atoms in total. The molecule has 0 saturated carbocycles. The molecular weight excluding hydrogens is 531 g/mol. The van der Waals surface area contributed by atoms with E-state index in [1.165, 1.54) is 11.6 Å². The van der Waals surface area contributed by atoms with Gasteiger partial charge in [-0.2, -0.15) is 0 Å². The van der Waals surface area contributed by atoms with Gasteiger partial charge in [0.2, 0.25) is 0 Å². The van der Waals surface area contributed by atoms with Gasteiger partial charge in [0.15, 0.2) is 0 Å². The van der Waals surface area contributed by atoms with Gasteiger partial charge in [-0.15, -0.1) is 0 Å². The summed E-state index contributed by atoms with van der Waals surface area (Å²) in [5.74, 6) is -0.165. The topological polar surface area (TPSA) is 0 Å². The van der Waals surface area contributed by atoms with Gasteiger partial charge in [0.1, 0.15) is 5.82 Å². The van der Waals surface area contributed by atoms with E-state index < -0.39 is 0 Å². The number of alkyl halides is 2. The van der Waals surface area contributed by atoms with Gasteiger partial charge < -0.3 is 0 Å². The first kappa shape index (κ1) is 17.6. The molecule has 0 bridgehead atoms. The molecule has 0 fully saturated rings. The fourth-order valence-electron chi connectivity index (χ4n) is 2.23. The number of hydrogen-bond donors (Lipinski definition) is 0. The van der Waals surface area contributed by atoms with Crippen LogP contribution in [-0.2, 0) is 11.8 Å². The van der Waals surface area contributed by atoms with Crippen molar-refractivity contribution in [3.05, 3.63) is 68.4 Å². The van der Waals surface area contributed by atoms with Gasteiger partial charge in [0.05, 0.1) is 0 Å². The molecule has 0 radical (unpaired) electrons. The first-order chi connectivity index (χ1) is 10.0. The van der Waals surface area contributed by atoms with Crippen LogP contribution in [0.25, 0.3) is 0 Å². The van der Waals surface area contributed by atoms with Crippen molar-refractivity contribution < 1.29 is 4.39 Å². The third-order valence-electron chi connectivity index (χ3n) is 3.50. The Balaban J connectivity index is 2.42. The molecule has 0 spiro atoms. The van der Waals surface area contributed by atoms with Gasteiger partial charge in [0, 0.05) is 25.0 Å². The summed E-state index contributed by atoms with van der Waals surface area (Å²) in [7, 11) is 0. The molecule has 21 heavy (non-hydrogen) atoms. The molecule has 0 N–H and O–H groups in total. The molecule has 0 unspecified atom stereocenters. The van der Waals surface area contributed by atoms with Crippen LogP contribution in [0.5, 0.6) is 0 Å². The summed E-state index contributed by atoms with van der Waals surface area (Å²) in [6, 6.07) is 13.3. The summed E-state index contributed by atoms with van der Waals surface area (Å²) >= 11 is 14.1. The molecule has 0 aliphatic rings. The van der Waals surface area contributed by atoms with E-state index in [2.05, 4.69) is 75.9 Å². The van der Waals surface area contributed by atoms with Crippen LogP contribution in [0.15, 0.2) is 51.4 Å². The molecular formula is C16H13Br4F. The average Bonchev–Trinajstić information content (AvgIpc) is 2.49. The minimum absolute atomic E-state index is 0.165. The van der Waals surface area contributed by atoms with Crippen LogP contribution < -0.4 is 0 Å². The van der Waals surface area contributed by atoms with E-state index in [1.807, 2.05) is 18.2 Å². The van der Waals surface area contributed by atoms with Crippen molar-refractivity contribution >= 4 is 63.7 Å². The zero-order valence-electron chi connectivity index (χ0n) is 11.1. The van der Waals surface area contributed by atoms with E-state index in [0.717, 1.165) is 19.6 Å². The second-order valence-electron chi connectivity index (χ2n) is 4.97. The molecule has 5 heteroatoms. The lowest BCUT2D eigenvalue weighted by Crippen LogP contribution is -2.33. The van der Waals surface area contributed by atoms with E-state index in [-0.39, 0.29) is 11.2 Å². The molecule has 2 rings (SSSR count). The van der Waals surface area contributed by atoms with Crippen molar-refractivity contribution in [1.29, 1.82) is 0 Å². The molecule has 112 valence electrons. The Morgan fingerprint density at radius 3 is 2.00 bits per heavy atom. The van der Waals surface area contributed by atoms with E-state index in [0.29, 0.717) is 12.0 Å². The molecule has 0 heterocycles. The standard InChI is InChI=1S/C16H13Br4F/c17-9-16(10-18,12-1-3-13(19)4-2-12)8-11-7-14(20)5-6-15(11)21/h1-7H,8-10H2. The van der Waals surface area contributed by atoms with Crippen LogP contribution in [0.1, 0.15) is 11.1 Å². The predicted molar refractivity (Wildman–Crippen MR) is 101 cm³/mol. The normalized spacial score (nSPS) is 11.7. The SMILES string of the molecule is Fc1ccc(Br)cc1CC(CBr)(CBr)c1ccc(Br)cc1. The van der Waals surface area contributed by atoms with E-state index >= 15 is 0 Å². The summed E-state index contributed by atoms with van der Waals surface area (Å²) in [6.45, 7) is 0. The number of rotatable bonds is 5. The van der Waals surface area contributed by atoms with Crippen LogP contribution in [-0.4, -0.2) is 10.7 Å². The second-order valence-corrected chi connectivity index (χ2v) is 7.92. The van der Waals surface area contributed by atoms with Crippen molar-refractivity contribution in [2.24, 2.45) is 0 Å². The lowest BCUT2D eigenvalue weighted by atomic mass is 9.79. The largest absolute Gasteiger partial charge is 0.207 e.